The molecule has 1 aliphatic carbocycles. The lowest BCUT2D eigenvalue weighted by molar-refractivity contribution is -0.154. The molecular formula is C15H28N4O2. The van der Waals surface area contributed by atoms with Gasteiger partial charge in [0.2, 0.25) is 0 Å². The van der Waals surface area contributed by atoms with Crippen molar-refractivity contribution in [1.82, 2.24) is 4.90 Å². The number of nitrogens with zero attached hydrogens (tertiary/aromatic N) is 1. The van der Waals surface area contributed by atoms with Crippen LogP contribution in [-0.4, -0.2) is 36.3 Å². The minimum atomic E-state index is -0.675. The molecule has 0 atom stereocenters. The van der Waals surface area contributed by atoms with E-state index in [4.69, 9.17) is 21.6 Å². The number of hydrogen-bond acceptors (Lipinski definition) is 6. The average Bonchev–Trinajstić information content (AvgIpc) is 2.97. The van der Waals surface area contributed by atoms with Crippen LogP contribution in [0.15, 0.2) is 11.5 Å². The van der Waals surface area contributed by atoms with Crippen LogP contribution in [-0.2, 0) is 9.53 Å². The van der Waals surface area contributed by atoms with Gasteiger partial charge in [-0.15, -0.1) is 0 Å². The standard InChI is InChI=1S/C15H28N4O2/c1-4-21-14(20)15(2,3)10-19(11-7-5-6-8-11)13(18)12(17)9-16/h9,11,16H,4-8,10,17-18H2,1-3H3/b13-12-,16-9?. The van der Waals surface area contributed by atoms with Gasteiger partial charge < -0.3 is 26.5 Å². The van der Waals surface area contributed by atoms with Crippen molar-refractivity contribution in [2.75, 3.05) is 13.2 Å². The first-order valence-corrected chi connectivity index (χ1v) is 7.53. The summed E-state index contributed by atoms with van der Waals surface area (Å²) in [6.07, 6.45) is 5.42. The number of hydrogen-bond donors (Lipinski definition) is 3. The third-order valence-electron chi connectivity index (χ3n) is 3.92. The molecule has 1 rings (SSSR count). The van der Waals surface area contributed by atoms with Crippen LogP contribution in [0.5, 0.6) is 0 Å². The Morgan fingerprint density at radius 3 is 2.43 bits per heavy atom. The molecule has 1 fully saturated rings. The van der Waals surface area contributed by atoms with Crippen molar-refractivity contribution in [3.05, 3.63) is 11.5 Å². The second kappa shape index (κ2) is 7.33. The van der Waals surface area contributed by atoms with Crippen molar-refractivity contribution in [3.63, 3.8) is 0 Å². The maximum absolute atomic E-state index is 12.1. The van der Waals surface area contributed by atoms with Crippen molar-refractivity contribution < 1.29 is 9.53 Å². The normalized spacial score (nSPS) is 17.3. The highest BCUT2D eigenvalue weighted by molar-refractivity contribution is 5.77. The molecule has 1 saturated carbocycles. The Labute approximate surface area is 127 Å². The van der Waals surface area contributed by atoms with Crippen molar-refractivity contribution >= 4 is 12.2 Å². The Balaban J connectivity index is 2.97. The summed E-state index contributed by atoms with van der Waals surface area (Å²) in [5.74, 6) is 0.142. The molecule has 0 amide bonds. The summed E-state index contributed by atoms with van der Waals surface area (Å²) in [4.78, 5) is 14.1. The van der Waals surface area contributed by atoms with Gasteiger partial charge in [-0.25, -0.2) is 0 Å². The maximum atomic E-state index is 12.1. The molecule has 0 aromatic rings. The van der Waals surface area contributed by atoms with E-state index in [-0.39, 0.29) is 17.7 Å². The minimum Gasteiger partial charge on any atom is -0.466 e. The molecule has 1 aliphatic rings. The van der Waals surface area contributed by atoms with E-state index < -0.39 is 5.41 Å². The molecule has 120 valence electrons. The molecule has 0 spiro atoms. The van der Waals surface area contributed by atoms with E-state index in [0.29, 0.717) is 19.0 Å². The predicted molar refractivity (Wildman–Crippen MR) is 83.6 cm³/mol. The summed E-state index contributed by atoms with van der Waals surface area (Å²) < 4.78 is 5.14. The van der Waals surface area contributed by atoms with Crippen LogP contribution in [0.25, 0.3) is 0 Å². The maximum Gasteiger partial charge on any atom is 0.313 e. The molecule has 5 N–H and O–H groups in total. The lowest BCUT2D eigenvalue weighted by atomic mass is 9.92. The molecule has 0 aromatic heterocycles. The van der Waals surface area contributed by atoms with Crippen LogP contribution in [0.3, 0.4) is 0 Å². The van der Waals surface area contributed by atoms with Gasteiger partial charge in [0.1, 0.15) is 5.82 Å². The fourth-order valence-electron chi connectivity index (χ4n) is 2.68. The fraction of sp³-hybridized carbons (Fsp3) is 0.733. The molecule has 0 bridgehead atoms. The zero-order chi connectivity index (χ0) is 16.0. The van der Waals surface area contributed by atoms with E-state index in [1.807, 2.05) is 18.7 Å². The lowest BCUT2D eigenvalue weighted by Gasteiger charge is -2.37. The zero-order valence-electron chi connectivity index (χ0n) is 13.3. The van der Waals surface area contributed by atoms with E-state index in [0.717, 1.165) is 31.9 Å². The van der Waals surface area contributed by atoms with Gasteiger partial charge in [-0.2, -0.15) is 0 Å². The second-order valence-corrected chi connectivity index (χ2v) is 6.16. The van der Waals surface area contributed by atoms with E-state index in [2.05, 4.69) is 0 Å². The first-order chi connectivity index (χ1) is 9.83. The first kappa shape index (κ1) is 17.3. The molecular weight excluding hydrogens is 268 g/mol. The molecule has 0 aliphatic heterocycles. The number of carbonyl (C=O) groups is 1. The third kappa shape index (κ3) is 4.37. The third-order valence-corrected chi connectivity index (χ3v) is 3.92. The lowest BCUT2D eigenvalue weighted by Crippen LogP contribution is -2.46. The highest BCUT2D eigenvalue weighted by atomic mass is 16.5. The van der Waals surface area contributed by atoms with Crippen LogP contribution >= 0.6 is 0 Å². The fourth-order valence-corrected chi connectivity index (χ4v) is 2.68. The van der Waals surface area contributed by atoms with Crippen LogP contribution in [0, 0.1) is 10.8 Å². The summed E-state index contributed by atoms with van der Waals surface area (Å²) in [6, 6.07) is 0.275. The Morgan fingerprint density at radius 2 is 1.95 bits per heavy atom. The van der Waals surface area contributed by atoms with Gasteiger partial charge in [0.25, 0.3) is 0 Å². The predicted octanol–water partition coefficient (Wildman–Crippen LogP) is 1.56. The number of rotatable bonds is 7. The summed E-state index contributed by atoms with van der Waals surface area (Å²) in [5, 5.41) is 7.28. The van der Waals surface area contributed by atoms with Crippen molar-refractivity contribution in [1.29, 1.82) is 5.41 Å². The second-order valence-electron chi connectivity index (χ2n) is 6.16. The molecule has 0 saturated heterocycles. The monoisotopic (exact) mass is 296 g/mol. The van der Waals surface area contributed by atoms with Crippen LogP contribution in [0.2, 0.25) is 0 Å². The number of nitrogens with two attached hydrogens (primary N) is 2. The summed E-state index contributed by atoms with van der Waals surface area (Å²) in [6.45, 7) is 6.29. The number of carbonyl (C=O) groups excluding carboxylic acids is 1. The van der Waals surface area contributed by atoms with Gasteiger partial charge >= 0.3 is 5.97 Å². The highest BCUT2D eigenvalue weighted by Crippen LogP contribution is 2.29. The molecule has 0 unspecified atom stereocenters. The quantitative estimate of drug-likeness (QED) is 0.488. The van der Waals surface area contributed by atoms with Crippen molar-refractivity contribution in [3.8, 4) is 0 Å². The Bertz CT molecular complexity index is 412. The Hall–Kier alpha value is -1.72. The summed E-state index contributed by atoms with van der Waals surface area (Å²) in [7, 11) is 0. The molecule has 0 radical (unpaired) electrons. The van der Waals surface area contributed by atoms with Gasteiger partial charge in [0, 0.05) is 18.8 Å². The van der Waals surface area contributed by atoms with E-state index in [1.54, 1.807) is 6.92 Å². The van der Waals surface area contributed by atoms with Gasteiger partial charge in [0.15, 0.2) is 0 Å². The minimum absolute atomic E-state index is 0.238. The van der Waals surface area contributed by atoms with Crippen molar-refractivity contribution in [2.24, 2.45) is 16.9 Å². The highest BCUT2D eigenvalue weighted by Gasteiger charge is 2.35. The van der Waals surface area contributed by atoms with E-state index in [1.165, 1.54) is 0 Å². The topological polar surface area (TPSA) is 105 Å². The van der Waals surface area contributed by atoms with Crippen LogP contribution < -0.4 is 11.5 Å². The average molecular weight is 296 g/mol. The SMILES string of the molecule is CCOC(=O)C(C)(C)CN(/C(N)=C(\N)C=N)C1CCCC1. The van der Waals surface area contributed by atoms with Crippen LogP contribution in [0.4, 0.5) is 0 Å². The number of nitrogens with one attached hydrogen (secondary N) is 1. The Kier molecular flexibility index (Phi) is 6.05. The zero-order valence-corrected chi connectivity index (χ0v) is 13.3. The van der Waals surface area contributed by atoms with Gasteiger partial charge in [-0.1, -0.05) is 12.8 Å². The smallest absolute Gasteiger partial charge is 0.313 e. The van der Waals surface area contributed by atoms with Gasteiger partial charge in [-0.3, -0.25) is 4.79 Å². The summed E-state index contributed by atoms with van der Waals surface area (Å²) >= 11 is 0. The number of allylic oxidation sites excluding steroid dienone is 1. The van der Waals surface area contributed by atoms with E-state index >= 15 is 0 Å². The number of esters is 1. The molecule has 0 aromatic carbocycles. The molecule has 0 heterocycles. The first-order valence-electron chi connectivity index (χ1n) is 7.53. The molecule has 6 heteroatoms. The van der Waals surface area contributed by atoms with Crippen LogP contribution in [0.1, 0.15) is 46.5 Å². The van der Waals surface area contributed by atoms with E-state index in [9.17, 15) is 4.79 Å². The largest absolute Gasteiger partial charge is 0.466 e. The molecule has 6 nitrogen and oxygen atoms in total. The molecule has 21 heavy (non-hydrogen) atoms. The van der Waals surface area contributed by atoms with Crippen molar-refractivity contribution in [2.45, 2.75) is 52.5 Å². The van der Waals surface area contributed by atoms with Gasteiger partial charge in [-0.05, 0) is 33.6 Å². The Morgan fingerprint density at radius 1 is 1.38 bits per heavy atom. The number of ether oxygens (including phenoxy) is 1. The van der Waals surface area contributed by atoms with Gasteiger partial charge in [0.05, 0.1) is 17.7 Å². The summed E-state index contributed by atoms with van der Waals surface area (Å²) in [5.41, 5.74) is 11.5.